The van der Waals surface area contributed by atoms with Crippen molar-refractivity contribution >= 4 is 11.3 Å². The molecule has 0 bridgehead atoms. The number of unbranched alkanes of at least 4 members (excludes halogenated alkanes) is 17. The Kier molecular flexibility index (Phi) is 18.4. The zero-order valence-corrected chi connectivity index (χ0v) is 20.2. The van der Waals surface area contributed by atoms with Crippen LogP contribution in [0.5, 0.6) is 0 Å². The number of thiophene rings is 1. The first-order valence-corrected chi connectivity index (χ1v) is 13.7. The topological polar surface area (TPSA) is 0 Å². The molecule has 0 radical (unpaired) electrons. The van der Waals surface area contributed by atoms with E-state index in [1.165, 1.54) is 128 Å². The van der Waals surface area contributed by atoms with Crippen molar-refractivity contribution in [1.82, 2.24) is 0 Å². The van der Waals surface area contributed by atoms with Gasteiger partial charge in [-0.3, -0.25) is 0 Å². The fourth-order valence-electron chi connectivity index (χ4n) is 4.14. The molecule has 1 heteroatoms. The molecule has 0 atom stereocenters. The van der Waals surface area contributed by atoms with Crippen molar-refractivity contribution in [2.24, 2.45) is 5.92 Å². The van der Waals surface area contributed by atoms with Crippen molar-refractivity contribution in [2.45, 2.75) is 142 Å². The van der Waals surface area contributed by atoms with Crippen molar-refractivity contribution in [3.8, 4) is 0 Å². The second-order valence-corrected chi connectivity index (χ2v) is 10.4. The number of aryl methyl sites for hydroxylation is 1. The minimum absolute atomic E-state index is 0.895. The van der Waals surface area contributed by atoms with Crippen LogP contribution in [0, 0.1) is 5.92 Å². The van der Waals surface area contributed by atoms with E-state index in [-0.39, 0.29) is 0 Å². The van der Waals surface area contributed by atoms with E-state index < -0.39 is 0 Å². The summed E-state index contributed by atoms with van der Waals surface area (Å²) in [6, 6.07) is 4.46. The van der Waals surface area contributed by atoms with E-state index in [0.29, 0.717) is 0 Å². The number of rotatable bonds is 21. The van der Waals surface area contributed by atoms with Crippen LogP contribution in [-0.4, -0.2) is 0 Å². The number of hydrogen-bond donors (Lipinski definition) is 0. The molecule has 0 N–H and O–H groups in total. The van der Waals surface area contributed by atoms with Crippen LogP contribution in [0.1, 0.15) is 141 Å². The normalized spacial score (nSPS) is 11.5. The van der Waals surface area contributed by atoms with Crippen molar-refractivity contribution in [1.29, 1.82) is 0 Å². The molecule has 0 spiro atoms. The highest BCUT2D eigenvalue weighted by Crippen LogP contribution is 2.16. The Morgan fingerprint density at radius 3 is 1.32 bits per heavy atom. The average Bonchev–Trinajstić information content (AvgIpc) is 3.19. The predicted octanol–water partition coefficient (Wildman–Crippen LogP) is 10.4. The Bertz CT molecular complexity index is 392. The van der Waals surface area contributed by atoms with Gasteiger partial charge in [-0.25, -0.2) is 0 Å². The molecule has 0 aliphatic rings. The molecule has 0 fully saturated rings. The molecule has 0 nitrogen and oxygen atoms in total. The molecule has 0 saturated carbocycles. The van der Waals surface area contributed by atoms with Crippen LogP contribution in [0.2, 0.25) is 0 Å². The summed E-state index contributed by atoms with van der Waals surface area (Å²) in [5.74, 6) is 0.895. The molecule has 0 aromatic carbocycles. The molecule has 0 aliphatic heterocycles. The van der Waals surface area contributed by atoms with Gasteiger partial charge in [-0.2, -0.15) is 0 Å². The smallest absolute Gasteiger partial charge is 0.00452 e. The maximum atomic E-state index is 2.34. The highest BCUT2D eigenvalue weighted by Gasteiger charge is 1.97. The van der Waals surface area contributed by atoms with E-state index in [9.17, 15) is 0 Å². The summed E-state index contributed by atoms with van der Waals surface area (Å²) in [7, 11) is 0. The van der Waals surface area contributed by atoms with Crippen molar-refractivity contribution in [3.63, 3.8) is 0 Å². The Labute approximate surface area is 181 Å². The SMILES string of the molecule is CC(C)CCCCCCCCCCCCCCCCCCCCc1cccs1. The fourth-order valence-corrected chi connectivity index (χ4v) is 4.89. The minimum atomic E-state index is 0.895. The summed E-state index contributed by atoms with van der Waals surface area (Å²) in [6.45, 7) is 4.69. The molecule has 0 aliphatic carbocycles. The predicted molar refractivity (Wildman–Crippen MR) is 131 cm³/mol. The molecule has 0 saturated heterocycles. The van der Waals surface area contributed by atoms with Gasteiger partial charge in [-0.15, -0.1) is 11.3 Å². The fraction of sp³-hybridized carbons (Fsp3) is 0.852. The zero-order valence-electron chi connectivity index (χ0n) is 19.4. The quantitative estimate of drug-likeness (QED) is 0.178. The van der Waals surface area contributed by atoms with Crippen LogP contribution >= 0.6 is 11.3 Å². The molecule has 1 aromatic heterocycles. The van der Waals surface area contributed by atoms with Gasteiger partial charge in [-0.05, 0) is 30.2 Å². The third kappa shape index (κ3) is 17.8. The molecule has 164 valence electrons. The zero-order chi connectivity index (χ0) is 20.1. The highest BCUT2D eigenvalue weighted by atomic mass is 32.1. The molecule has 1 aromatic rings. The number of hydrogen-bond acceptors (Lipinski definition) is 1. The van der Waals surface area contributed by atoms with Crippen LogP contribution in [0.15, 0.2) is 17.5 Å². The van der Waals surface area contributed by atoms with E-state index in [4.69, 9.17) is 0 Å². The van der Waals surface area contributed by atoms with Gasteiger partial charge in [0.25, 0.3) is 0 Å². The molecule has 0 amide bonds. The first-order valence-electron chi connectivity index (χ1n) is 12.8. The van der Waals surface area contributed by atoms with Gasteiger partial charge < -0.3 is 0 Å². The Balaban J connectivity index is 1.65. The highest BCUT2D eigenvalue weighted by molar-refractivity contribution is 7.09. The summed E-state index contributed by atoms with van der Waals surface area (Å²) in [4.78, 5) is 1.57. The van der Waals surface area contributed by atoms with E-state index in [1.54, 1.807) is 4.88 Å². The van der Waals surface area contributed by atoms with E-state index in [1.807, 2.05) is 11.3 Å². The minimum Gasteiger partial charge on any atom is -0.149 e. The van der Waals surface area contributed by atoms with Gasteiger partial charge in [0.1, 0.15) is 0 Å². The summed E-state index contributed by atoms with van der Waals surface area (Å²) < 4.78 is 0. The van der Waals surface area contributed by atoms with E-state index in [0.717, 1.165) is 5.92 Å². The monoisotopic (exact) mass is 406 g/mol. The van der Waals surface area contributed by atoms with E-state index >= 15 is 0 Å². The van der Waals surface area contributed by atoms with Crippen LogP contribution < -0.4 is 0 Å². The summed E-state index contributed by atoms with van der Waals surface area (Å²) >= 11 is 1.91. The maximum absolute atomic E-state index is 2.34. The lowest BCUT2D eigenvalue weighted by atomic mass is 10.0. The van der Waals surface area contributed by atoms with Crippen LogP contribution in [0.3, 0.4) is 0 Å². The Morgan fingerprint density at radius 1 is 0.571 bits per heavy atom. The summed E-state index contributed by atoms with van der Waals surface area (Å²) in [5.41, 5.74) is 0. The second-order valence-electron chi connectivity index (χ2n) is 9.38. The average molecular weight is 407 g/mol. The van der Waals surface area contributed by atoms with Crippen molar-refractivity contribution in [3.05, 3.63) is 22.4 Å². The van der Waals surface area contributed by atoms with Crippen LogP contribution in [-0.2, 0) is 6.42 Å². The lowest BCUT2D eigenvalue weighted by molar-refractivity contribution is 0.501. The maximum Gasteiger partial charge on any atom is 0.00452 e. The largest absolute Gasteiger partial charge is 0.149 e. The van der Waals surface area contributed by atoms with Crippen LogP contribution in [0.4, 0.5) is 0 Å². The van der Waals surface area contributed by atoms with Crippen LogP contribution in [0.25, 0.3) is 0 Å². The first-order chi connectivity index (χ1) is 13.8. The lowest BCUT2D eigenvalue weighted by Gasteiger charge is -2.05. The van der Waals surface area contributed by atoms with Gasteiger partial charge >= 0.3 is 0 Å². The second kappa shape index (κ2) is 20.0. The third-order valence-corrected chi connectivity index (χ3v) is 6.97. The molecule has 28 heavy (non-hydrogen) atoms. The van der Waals surface area contributed by atoms with Gasteiger partial charge in [-0.1, -0.05) is 135 Å². The third-order valence-electron chi connectivity index (χ3n) is 6.03. The van der Waals surface area contributed by atoms with Gasteiger partial charge in [0.05, 0.1) is 0 Å². The Hall–Kier alpha value is -0.300. The van der Waals surface area contributed by atoms with E-state index in [2.05, 4.69) is 31.4 Å². The molecular weight excluding hydrogens is 356 g/mol. The van der Waals surface area contributed by atoms with Crippen molar-refractivity contribution in [2.75, 3.05) is 0 Å². The Morgan fingerprint density at radius 2 is 0.964 bits per heavy atom. The van der Waals surface area contributed by atoms with Crippen molar-refractivity contribution < 1.29 is 0 Å². The standard InChI is InChI=1S/C27H50S/c1-26(2)22-19-17-15-13-11-9-7-5-3-4-6-8-10-12-14-16-18-20-23-27-24-21-25-28-27/h21,24-26H,3-20,22-23H2,1-2H3. The van der Waals surface area contributed by atoms with Gasteiger partial charge in [0.2, 0.25) is 0 Å². The lowest BCUT2D eigenvalue weighted by Crippen LogP contribution is -1.87. The molecular formula is C27H50S. The summed E-state index contributed by atoms with van der Waals surface area (Å²) in [6.07, 6.45) is 29.1. The summed E-state index contributed by atoms with van der Waals surface area (Å²) in [5, 5.41) is 2.20. The van der Waals surface area contributed by atoms with Gasteiger partial charge in [0.15, 0.2) is 0 Å². The molecule has 1 rings (SSSR count). The first kappa shape index (κ1) is 25.7. The van der Waals surface area contributed by atoms with Gasteiger partial charge in [0, 0.05) is 4.88 Å². The molecule has 0 unspecified atom stereocenters. The molecule has 1 heterocycles.